The van der Waals surface area contributed by atoms with Gasteiger partial charge in [-0.3, -0.25) is 0 Å². The molecule has 2 nitrogen and oxygen atoms in total. The summed E-state index contributed by atoms with van der Waals surface area (Å²) in [6, 6.07) is 1.39. The molecule has 0 bridgehead atoms. The minimum absolute atomic E-state index is 0.102. The second-order valence-electron chi connectivity index (χ2n) is 2.30. The molecule has 1 aromatic rings. The molecule has 12 heavy (non-hydrogen) atoms. The van der Waals surface area contributed by atoms with Crippen molar-refractivity contribution < 1.29 is 22.3 Å². The molecule has 1 heterocycles. The van der Waals surface area contributed by atoms with E-state index in [1.165, 1.54) is 6.07 Å². The molecule has 0 spiro atoms. The van der Waals surface area contributed by atoms with Crippen LogP contribution < -0.4 is 4.74 Å². The Morgan fingerprint density at radius 1 is 1.50 bits per heavy atom. The number of hydrogen-bond donors (Lipinski definition) is 0. The lowest BCUT2D eigenvalue weighted by Gasteiger charge is -2.05. The Kier molecular flexibility index (Phi) is 2.30. The predicted molar refractivity (Wildman–Crippen MR) is 35.0 cm³/mol. The molecule has 0 fully saturated rings. The lowest BCUT2D eigenvalue weighted by Crippen LogP contribution is -2.18. The maximum Gasteiger partial charge on any atom is 0.422 e. The third-order valence-electron chi connectivity index (χ3n) is 1.11. The molecule has 0 saturated heterocycles. The fraction of sp³-hybridized carbons (Fsp3) is 0.429. The van der Waals surface area contributed by atoms with Crippen LogP contribution in [0, 0.1) is 6.92 Å². The molecule has 0 atom stereocenters. The van der Waals surface area contributed by atoms with Crippen molar-refractivity contribution in [2.45, 2.75) is 13.1 Å². The summed E-state index contributed by atoms with van der Waals surface area (Å²) in [6.07, 6.45) is -3.16. The van der Waals surface area contributed by atoms with Crippen molar-refractivity contribution in [3.8, 4) is 5.75 Å². The highest BCUT2D eigenvalue weighted by Crippen LogP contribution is 2.19. The first-order chi connectivity index (χ1) is 5.47. The number of ether oxygens (including phenoxy) is 1. The van der Waals surface area contributed by atoms with Gasteiger partial charge in [0.1, 0.15) is 12.0 Å². The zero-order chi connectivity index (χ0) is 9.19. The maximum absolute atomic E-state index is 11.6. The molecule has 0 amide bonds. The van der Waals surface area contributed by atoms with Crippen LogP contribution in [0.3, 0.4) is 0 Å². The normalized spacial score (nSPS) is 11.7. The van der Waals surface area contributed by atoms with Crippen molar-refractivity contribution in [2.24, 2.45) is 0 Å². The van der Waals surface area contributed by atoms with E-state index in [1.54, 1.807) is 6.92 Å². The quantitative estimate of drug-likeness (QED) is 0.697. The van der Waals surface area contributed by atoms with E-state index in [4.69, 9.17) is 4.42 Å². The van der Waals surface area contributed by atoms with E-state index in [2.05, 4.69) is 4.74 Å². The Balaban J connectivity index is 2.44. The molecular weight excluding hydrogens is 173 g/mol. The van der Waals surface area contributed by atoms with Crippen molar-refractivity contribution in [1.29, 1.82) is 0 Å². The van der Waals surface area contributed by atoms with Gasteiger partial charge in [0.15, 0.2) is 12.4 Å². The van der Waals surface area contributed by atoms with Crippen LogP contribution in [0.2, 0.25) is 0 Å². The molecule has 0 aliphatic rings. The summed E-state index contributed by atoms with van der Waals surface area (Å²) >= 11 is 0. The summed E-state index contributed by atoms with van der Waals surface area (Å²) < 4.78 is 43.9. The lowest BCUT2D eigenvalue weighted by atomic mass is 10.5. The molecule has 0 aliphatic carbocycles. The zero-order valence-electron chi connectivity index (χ0n) is 6.31. The first kappa shape index (κ1) is 8.96. The molecule has 68 valence electrons. The average molecular weight is 180 g/mol. The summed E-state index contributed by atoms with van der Waals surface area (Å²) in [5.74, 6) is 0.622. The van der Waals surface area contributed by atoms with Gasteiger partial charge in [-0.2, -0.15) is 13.2 Å². The third-order valence-corrected chi connectivity index (χ3v) is 1.11. The van der Waals surface area contributed by atoms with Crippen LogP contribution in [0.4, 0.5) is 13.2 Å². The van der Waals surface area contributed by atoms with Crippen LogP contribution in [-0.4, -0.2) is 12.8 Å². The smallest absolute Gasteiger partial charge is 0.422 e. The predicted octanol–water partition coefficient (Wildman–Crippen LogP) is 2.53. The van der Waals surface area contributed by atoms with E-state index in [9.17, 15) is 13.2 Å². The summed E-state index contributed by atoms with van der Waals surface area (Å²) in [4.78, 5) is 0. The van der Waals surface area contributed by atoms with Crippen LogP contribution in [0.15, 0.2) is 16.7 Å². The molecule has 0 radical (unpaired) electrons. The highest BCUT2D eigenvalue weighted by molar-refractivity contribution is 5.18. The van der Waals surface area contributed by atoms with E-state index in [0.717, 1.165) is 6.26 Å². The topological polar surface area (TPSA) is 22.4 Å². The molecule has 0 unspecified atom stereocenters. The fourth-order valence-corrected chi connectivity index (χ4v) is 0.660. The van der Waals surface area contributed by atoms with Gasteiger partial charge >= 0.3 is 6.18 Å². The Morgan fingerprint density at radius 2 is 2.17 bits per heavy atom. The first-order valence-corrected chi connectivity index (χ1v) is 3.22. The third kappa shape index (κ3) is 2.86. The van der Waals surface area contributed by atoms with E-state index in [-0.39, 0.29) is 5.75 Å². The molecule has 1 aromatic heterocycles. The minimum atomic E-state index is -4.30. The highest BCUT2D eigenvalue weighted by Gasteiger charge is 2.28. The summed E-state index contributed by atoms with van der Waals surface area (Å²) in [7, 11) is 0. The first-order valence-electron chi connectivity index (χ1n) is 3.22. The standard InChI is InChI=1S/C7H7F3O2/c1-5-2-6(3-11-5)12-4-7(8,9)10/h2-3H,4H2,1H3. The van der Waals surface area contributed by atoms with Crippen molar-refractivity contribution in [1.82, 2.24) is 0 Å². The van der Waals surface area contributed by atoms with Crippen molar-refractivity contribution >= 4 is 0 Å². The highest BCUT2D eigenvalue weighted by atomic mass is 19.4. The van der Waals surface area contributed by atoms with Gasteiger partial charge in [-0.25, -0.2) is 0 Å². The van der Waals surface area contributed by atoms with Crippen LogP contribution in [-0.2, 0) is 0 Å². The van der Waals surface area contributed by atoms with E-state index >= 15 is 0 Å². The Hall–Kier alpha value is -1.13. The number of alkyl halides is 3. The molecule has 0 saturated carbocycles. The van der Waals surface area contributed by atoms with Gasteiger partial charge in [-0.15, -0.1) is 0 Å². The second-order valence-corrected chi connectivity index (χ2v) is 2.30. The fourth-order valence-electron chi connectivity index (χ4n) is 0.660. The van der Waals surface area contributed by atoms with Crippen LogP contribution in [0.5, 0.6) is 5.75 Å². The van der Waals surface area contributed by atoms with Crippen molar-refractivity contribution in [3.05, 3.63) is 18.1 Å². The summed E-state index contributed by atoms with van der Waals surface area (Å²) in [5.41, 5.74) is 0. The summed E-state index contributed by atoms with van der Waals surface area (Å²) in [5, 5.41) is 0. The van der Waals surface area contributed by atoms with Crippen LogP contribution in [0.25, 0.3) is 0 Å². The average Bonchev–Trinajstić information content (AvgIpc) is 2.30. The van der Waals surface area contributed by atoms with Gasteiger partial charge in [0, 0.05) is 6.07 Å². The molecule has 0 N–H and O–H groups in total. The van der Waals surface area contributed by atoms with Gasteiger partial charge < -0.3 is 9.15 Å². The monoisotopic (exact) mass is 180 g/mol. The van der Waals surface area contributed by atoms with Crippen molar-refractivity contribution in [3.63, 3.8) is 0 Å². The number of halogens is 3. The van der Waals surface area contributed by atoms with Gasteiger partial charge in [0.05, 0.1) is 0 Å². The molecule has 1 rings (SSSR count). The van der Waals surface area contributed by atoms with E-state index < -0.39 is 12.8 Å². The number of rotatable bonds is 2. The Labute approximate surface area is 66.9 Å². The van der Waals surface area contributed by atoms with Gasteiger partial charge in [-0.1, -0.05) is 0 Å². The van der Waals surface area contributed by atoms with Gasteiger partial charge in [0.2, 0.25) is 0 Å². The van der Waals surface area contributed by atoms with E-state index in [1.807, 2.05) is 0 Å². The zero-order valence-corrected chi connectivity index (χ0v) is 6.31. The van der Waals surface area contributed by atoms with E-state index in [0.29, 0.717) is 5.76 Å². The van der Waals surface area contributed by atoms with Crippen molar-refractivity contribution in [2.75, 3.05) is 6.61 Å². The maximum atomic E-state index is 11.6. The Bertz CT molecular complexity index is 251. The molecule has 0 aromatic carbocycles. The number of hydrogen-bond acceptors (Lipinski definition) is 2. The molecular formula is C7H7F3O2. The largest absolute Gasteiger partial charge is 0.481 e. The lowest BCUT2D eigenvalue weighted by molar-refractivity contribution is -0.153. The second kappa shape index (κ2) is 3.08. The minimum Gasteiger partial charge on any atom is -0.481 e. The molecule has 0 aliphatic heterocycles. The summed E-state index contributed by atoms with van der Waals surface area (Å²) in [6.45, 7) is 0.340. The van der Waals surface area contributed by atoms with Crippen LogP contribution >= 0.6 is 0 Å². The number of aryl methyl sites for hydroxylation is 1. The van der Waals surface area contributed by atoms with Crippen LogP contribution in [0.1, 0.15) is 5.76 Å². The van der Waals surface area contributed by atoms with Gasteiger partial charge in [-0.05, 0) is 6.92 Å². The SMILES string of the molecule is Cc1cc(OCC(F)(F)F)co1. The Morgan fingerprint density at radius 3 is 2.58 bits per heavy atom. The number of furan rings is 1. The van der Waals surface area contributed by atoms with Gasteiger partial charge in [0.25, 0.3) is 0 Å². The molecule has 5 heteroatoms.